The van der Waals surface area contributed by atoms with E-state index >= 15 is 0 Å². The summed E-state index contributed by atoms with van der Waals surface area (Å²) in [5, 5.41) is -0.472. The first-order chi connectivity index (χ1) is 4.50. The standard InChI is InChI=1S/C5H5FO2S2/c1-10(7,8)5-3-2-4(6)9-5/h2-3H,1H3. The Balaban J connectivity index is 3.21. The summed E-state index contributed by atoms with van der Waals surface area (Å²) in [6, 6.07) is 2.40. The zero-order valence-electron chi connectivity index (χ0n) is 5.17. The number of hydrogen-bond donors (Lipinski definition) is 0. The summed E-state index contributed by atoms with van der Waals surface area (Å²) in [5.41, 5.74) is 0. The van der Waals surface area contributed by atoms with E-state index in [-0.39, 0.29) is 4.21 Å². The normalized spacial score (nSPS) is 11.8. The third-order valence-electron chi connectivity index (χ3n) is 0.914. The minimum absolute atomic E-state index is 0.0741. The molecule has 1 aromatic rings. The molecule has 1 heterocycles. The molecule has 0 N–H and O–H groups in total. The van der Waals surface area contributed by atoms with Crippen LogP contribution in [-0.4, -0.2) is 14.7 Å². The van der Waals surface area contributed by atoms with Crippen molar-refractivity contribution >= 4 is 21.2 Å². The third-order valence-corrected chi connectivity index (χ3v) is 3.61. The molecule has 1 rings (SSSR count). The van der Waals surface area contributed by atoms with Gasteiger partial charge in [0.25, 0.3) is 0 Å². The fourth-order valence-electron chi connectivity index (χ4n) is 0.497. The Hall–Kier alpha value is -0.420. The lowest BCUT2D eigenvalue weighted by molar-refractivity contribution is 0.603. The van der Waals surface area contributed by atoms with Crippen LogP contribution in [0.4, 0.5) is 4.39 Å². The maximum absolute atomic E-state index is 12.2. The van der Waals surface area contributed by atoms with Crippen LogP contribution in [0.1, 0.15) is 0 Å². The van der Waals surface area contributed by atoms with Gasteiger partial charge in [0.2, 0.25) is 0 Å². The van der Waals surface area contributed by atoms with E-state index in [2.05, 4.69) is 0 Å². The van der Waals surface area contributed by atoms with Crippen LogP contribution in [-0.2, 0) is 9.84 Å². The van der Waals surface area contributed by atoms with E-state index in [1.165, 1.54) is 6.07 Å². The summed E-state index contributed by atoms with van der Waals surface area (Å²) in [6.07, 6.45) is 1.05. The van der Waals surface area contributed by atoms with E-state index in [4.69, 9.17) is 0 Å². The van der Waals surface area contributed by atoms with E-state index in [0.29, 0.717) is 11.3 Å². The third kappa shape index (κ3) is 1.54. The number of rotatable bonds is 1. The van der Waals surface area contributed by atoms with E-state index in [1.807, 2.05) is 0 Å². The highest BCUT2D eigenvalue weighted by atomic mass is 32.2. The van der Waals surface area contributed by atoms with Crippen LogP contribution in [0.15, 0.2) is 16.3 Å². The van der Waals surface area contributed by atoms with Crippen molar-refractivity contribution in [1.82, 2.24) is 0 Å². The van der Waals surface area contributed by atoms with Crippen molar-refractivity contribution in [3.05, 3.63) is 17.3 Å². The quantitative estimate of drug-likeness (QED) is 0.652. The van der Waals surface area contributed by atoms with E-state index in [0.717, 1.165) is 12.3 Å². The number of thiophene rings is 1. The molecule has 0 aliphatic heterocycles. The van der Waals surface area contributed by atoms with Crippen LogP contribution < -0.4 is 0 Å². The van der Waals surface area contributed by atoms with Crippen molar-refractivity contribution in [2.75, 3.05) is 6.26 Å². The average Bonchev–Trinajstić information content (AvgIpc) is 2.11. The first kappa shape index (κ1) is 7.68. The summed E-state index contributed by atoms with van der Waals surface area (Å²) in [5.74, 6) is 0. The summed E-state index contributed by atoms with van der Waals surface area (Å²) in [4.78, 5) is 0. The smallest absolute Gasteiger partial charge is 0.184 e. The molecule has 0 bridgehead atoms. The van der Waals surface area contributed by atoms with Crippen LogP contribution in [0.25, 0.3) is 0 Å². The van der Waals surface area contributed by atoms with Gasteiger partial charge in [-0.25, -0.2) is 8.42 Å². The van der Waals surface area contributed by atoms with Crippen LogP contribution in [0.5, 0.6) is 0 Å². The fraction of sp³-hybridized carbons (Fsp3) is 0.200. The maximum Gasteiger partial charge on any atom is 0.184 e. The minimum Gasteiger partial charge on any atom is -0.223 e. The predicted octanol–water partition coefficient (Wildman–Crippen LogP) is 1.29. The molecule has 1 aromatic heterocycles. The molecule has 0 fully saturated rings. The molecule has 0 saturated carbocycles. The van der Waals surface area contributed by atoms with Gasteiger partial charge < -0.3 is 0 Å². The Labute approximate surface area is 62.2 Å². The topological polar surface area (TPSA) is 34.1 Å². The summed E-state index contributed by atoms with van der Waals surface area (Å²) in [6.45, 7) is 0. The monoisotopic (exact) mass is 180 g/mol. The first-order valence-electron chi connectivity index (χ1n) is 2.45. The zero-order chi connectivity index (χ0) is 7.78. The molecule has 0 radical (unpaired) electrons. The highest BCUT2D eigenvalue weighted by Gasteiger charge is 2.09. The average molecular weight is 180 g/mol. The molecule has 0 aliphatic carbocycles. The molecule has 0 spiro atoms. The number of hydrogen-bond acceptors (Lipinski definition) is 3. The second kappa shape index (κ2) is 2.32. The molecule has 0 aromatic carbocycles. The summed E-state index contributed by atoms with van der Waals surface area (Å²) >= 11 is 0.640. The molecule has 0 unspecified atom stereocenters. The maximum atomic E-state index is 12.2. The number of halogens is 1. The minimum atomic E-state index is -3.20. The fourth-order valence-corrected chi connectivity index (χ4v) is 2.12. The van der Waals surface area contributed by atoms with Crippen molar-refractivity contribution < 1.29 is 12.8 Å². The van der Waals surface area contributed by atoms with Crippen molar-refractivity contribution in [2.45, 2.75) is 4.21 Å². The first-order valence-corrected chi connectivity index (χ1v) is 5.16. The van der Waals surface area contributed by atoms with Gasteiger partial charge in [-0.1, -0.05) is 11.3 Å². The van der Waals surface area contributed by atoms with Crippen molar-refractivity contribution in [1.29, 1.82) is 0 Å². The Kier molecular flexibility index (Phi) is 1.78. The van der Waals surface area contributed by atoms with Crippen molar-refractivity contribution in [3.63, 3.8) is 0 Å². The van der Waals surface area contributed by atoms with Gasteiger partial charge in [0.15, 0.2) is 15.0 Å². The lowest BCUT2D eigenvalue weighted by Gasteiger charge is -1.86. The zero-order valence-corrected chi connectivity index (χ0v) is 6.80. The highest BCUT2D eigenvalue weighted by Crippen LogP contribution is 2.19. The van der Waals surface area contributed by atoms with Gasteiger partial charge >= 0.3 is 0 Å². The molecule has 0 aliphatic rings. The molecule has 10 heavy (non-hydrogen) atoms. The Morgan fingerprint density at radius 2 is 2.10 bits per heavy atom. The van der Waals surface area contributed by atoms with Gasteiger partial charge in [0.05, 0.1) is 0 Å². The van der Waals surface area contributed by atoms with E-state index < -0.39 is 15.0 Å². The predicted molar refractivity (Wildman–Crippen MR) is 37.4 cm³/mol. The molecular weight excluding hydrogens is 175 g/mol. The molecular formula is C5H5FO2S2. The number of sulfone groups is 1. The molecule has 5 heteroatoms. The van der Waals surface area contributed by atoms with Crippen molar-refractivity contribution in [3.8, 4) is 0 Å². The lowest BCUT2D eigenvalue weighted by Crippen LogP contribution is -1.91. The Bertz CT molecular complexity index is 325. The second-order valence-electron chi connectivity index (χ2n) is 1.83. The van der Waals surface area contributed by atoms with Gasteiger partial charge in [0.1, 0.15) is 4.21 Å². The Morgan fingerprint density at radius 1 is 1.50 bits per heavy atom. The molecule has 0 saturated heterocycles. The van der Waals surface area contributed by atoms with Crippen LogP contribution in [0, 0.1) is 5.13 Å². The second-order valence-corrected chi connectivity index (χ2v) is 5.11. The van der Waals surface area contributed by atoms with E-state index in [9.17, 15) is 12.8 Å². The van der Waals surface area contributed by atoms with Crippen LogP contribution >= 0.6 is 11.3 Å². The SMILES string of the molecule is CS(=O)(=O)c1ccc(F)s1. The summed E-state index contributed by atoms with van der Waals surface area (Å²) < 4.78 is 33.7. The summed E-state index contributed by atoms with van der Waals surface area (Å²) in [7, 11) is -3.20. The van der Waals surface area contributed by atoms with Gasteiger partial charge in [-0.05, 0) is 12.1 Å². The van der Waals surface area contributed by atoms with E-state index in [1.54, 1.807) is 0 Å². The highest BCUT2D eigenvalue weighted by molar-refractivity contribution is 7.92. The molecule has 56 valence electrons. The largest absolute Gasteiger partial charge is 0.223 e. The Morgan fingerprint density at radius 3 is 2.30 bits per heavy atom. The van der Waals surface area contributed by atoms with Gasteiger partial charge in [-0.2, -0.15) is 4.39 Å². The molecule has 0 atom stereocenters. The van der Waals surface area contributed by atoms with Crippen molar-refractivity contribution in [2.24, 2.45) is 0 Å². The lowest BCUT2D eigenvalue weighted by atomic mass is 10.7. The van der Waals surface area contributed by atoms with Crippen LogP contribution in [0.3, 0.4) is 0 Å². The van der Waals surface area contributed by atoms with Gasteiger partial charge in [0, 0.05) is 6.26 Å². The van der Waals surface area contributed by atoms with Gasteiger partial charge in [-0.3, -0.25) is 0 Å². The van der Waals surface area contributed by atoms with Crippen LogP contribution in [0.2, 0.25) is 0 Å². The van der Waals surface area contributed by atoms with Gasteiger partial charge in [-0.15, -0.1) is 0 Å². The molecule has 0 amide bonds. The molecule has 2 nitrogen and oxygen atoms in total.